The van der Waals surface area contributed by atoms with Crippen LogP contribution in [0.1, 0.15) is 57.8 Å². The normalized spacial score (nSPS) is 37.6. The van der Waals surface area contributed by atoms with Crippen molar-refractivity contribution in [2.24, 2.45) is 17.6 Å². The average molecular weight is 250 g/mol. The Labute approximate surface area is 110 Å². The Hall–Kier alpha value is -0.570. The maximum atomic E-state index is 12.7. The van der Waals surface area contributed by atoms with Gasteiger partial charge >= 0.3 is 0 Å². The Morgan fingerprint density at radius 3 is 2.44 bits per heavy atom. The second kappa shape index (κ2) is 5.20. The topological polar surface area (TPSA) is 46.3 Å². The summed E-state index contributed by atoms with van der Waals surface area (Å²) in [5.41, 5.74) is 6.02. The Kier molecular flexibility index (Phi) is 3.60. The van der Waals surface area contributed by atoms with Gasteiger partial charge in [0.25, 0.3) is 0 Å². The second-order valence-electron chi connectivity index (χ2n) is 6.56. The molecule has 3 unspecified atom stereocenters. The first-order valence-corrected chi connectivity index (χ1v) is 7.82. The molecule has 1 heterocycles. The highest BCUT2D eigenvalue weighted by Crippen LogP contribution is 2.38. The molecule has 3 rings (SSSR count). The maximum Gasteiger partial charge on any atom is 0.225 e. The molecule has 3 atom stereocenters. The quantitative estimate of drug-likeness (QED) is 0.817. The zero-order valence-corrected chi connectivity index (χ0v) is 11.3. The highest BCUT2D eigenvalue weighted by Gasteiger charge is 2.39. The molecule has 1 aliphatic heterocycles. The van der Waals surface area contributed by atoms with Gasteiger partial charge in [-0.2, -0.15) is 0 Å². The third-order valence-electron chi connectivity index (χ3n) is 5.34. The van der Waals surface area contributed by atoms with Gasteiger partial charge in [0.15, 0.2) is 0 Å². The molecule has 3 heteroatoms. The molecule has 1 amide bonds. The number of hydrogen-bond donors (Lipinski definition) is 1. The first-order valence-electron chi connectivity index (χ1n) is 7.82. The molecule has 3 aliphatic rings. The predicted octanol–water partition coefficient (Wildman–Crippen LogP) is 2.29. The summed E-state index contributed by atoms with van der Waals surface area (Å²) in [6.45, 7) is 1.01. The van der Waals surface area contributed by atoms with Crippen molar-refractivity contribution in [3.8, 4) is 0 Å². The largest absolute Gasteiger partial charge is 0.339 e. The van der Waals surface area contributed by atoms with Gasteiger partial charge in [0, 0.05) is 24.5 Å². The summed E-state index contributed by atoms with van der Waals surface area (Å²) in [5, 5.41) is 0. The van der Waals surface area contributed by atoms with E-state index in [-0.39, 0.29) is 12.0 Å². The van der Waals surface area contributed by atoms with Crippen LogP contribution in [0, 0.1) is 11.8 Å². The van der Waals surface area contributed by atoms with E-state index >= 15 is 0 Å². The van der Waals surface area contributed by atoms with Crippen LogP contribution in [-0.2, 0) is 4.79 Å². The number of rotatable bonds is 2. The third kappa shape index (κ3) is 2.29. The lowest BCUT2D eigenvalue weighted by Crippen LogP contribution is -2.46. The highest BCUT2D eigenvalue weighted by molar-refractivity contribution is 5.79. The SMILES string of the molecule is NC1CCCC(C(=O)N2CCCC2C2CCC2)C1. The van der Waals surface area contributed by atoms with Gasteiger partial charge in [-0.05, 0) is 50.9 Å². The zero-order valence-electron chi connectivity index (χ0n) is 11.3. The van der Waals surface area contributed by atoms with Crippen molar-refractivity contribution in [2.75, 3.05) is 6.54 Å². The fourth-order valence-electron chi connectivity index (χ4n) is 4.07. The van der Waals surface area contributed by atoms with Gasteiger partial charge in [-0.1, -0.05) is 12.8 Å². The Bertz CT molecular complexity index is 314. The summed E-state index contributed by atoms with van der Waals surface area (Å²) in [5.74, 6) is 1.47. The third-order valence-corrected chi connectivity index (χ3v) is 5.34. The Morgan fingerprint density at radius 2 is 1.78 bits per heavy atom. The summed E-state index contributed by atoms with van der Waals surface area (Å²) in [6, 6.07) is 0.835. The van der Waals surface area contributed by atoms with E-state index in [1.807, 2.05) is 0 Å². The van der Waals surface area contributed by atoms with Crippen LogP contribution < -0.4 is 5.73 Å². The van der Waals surface area contributed by atoms with Crippen LogP contribution in [-0.4, -0.2) is 29.4 Å². The lowest BCUT2D eigenvalue weighted by Gasteiger charge is -2.39. The minimum Gasteiger partial charge on any atom is -0.339 e. The summed E-state index contributed by atoms with van der Waals surface area (Å²) >= 11 is 0. The van der Waals surface area contributed by atoms with Gasteiger partial charge in [-0.3, -0.25) is 4.79 Å². The van der Waals surface area contributed by atoms with Gasteiger partial charge in [0.1, 0.15) is 0 Å². The van der Waals surface area contributed by atoms with Crippen LogP contribution >= 0.6 is 0 Å². The molecule has 3 nitrogen and oxygen atoms in total. The smallest absolute Gasteiger partial charge is 0.225 e. The molecule has 0 aromatic heterocycles. The van der Waals surface area contributed by atoms with E-state index in [4.69, 9.17) is 5.73 Å². The number of likely N-dealkylation sites (tertiary alicyclic amines) is 1. The molecule has 2 aliphatic carbocycles. The summed E-state index contributed by atoms with van der Waals surface area (Å²) in [7, 11) is 0. The summed E-state index contributed by atoms with van der Waals surface area (Å²) in [4.78, 5) is 14.9. The Morgan fingerprint density at radius 1 is 1.00 bits per heavy atom. The molecular formula is C15H26N2O. The number of hydrogen-bond acceptors (Lipinski definition) is 2. The van der Waals surface area contributed by atoms with Crippen LogP contribution in [0.4, 0.5) is 0 Å². The molecule has 0 aromatic rings. The first kappa shape index (κ1) is 12.5. The van der Waals surface area contributed by atoms with Crippen LogP contribution in [0.15, 0.2) is 0 Å². The number of nitrogens with zero attached hydrogens (tertiary/aromatic N) is 1. The molecule has 3 fully saturated rings. The number of amides is 1. The van der Waals surface area contributed by atoms with Crippen molar-refractivity contribution in [1.29, 1.82) is 0 Å². The highest BCUT2D eigenvalue weighted by atomic mass is 16.2. The second-order valence-corrected chi connectivity index (χ2v) is 6.56. The van der Waals surface area contributed by atoms with Crippen molar-refractivity contribution in [1.82, 2.24) is 4.90 Å². The van der Waals surface area contributed by atoms with Crippen molar-refractivity contribution in [3.63, 3.8) is 0 Å². The van der Waals surface area contributed by atoms with Gasteiger partial charge in [-0.15, -0.1) is 0 Å². The van der Waals surface area contributed by atoms with E-state index in [0.29, 0.717) is 11.9 Å². The minimum absolute atomic E-state index is 0.231. The van der Waals surface area contributed by atoms with Crippen LogP contribution in [0.3, 0.4) is 0 Å². The minimum atomic E-state index is 0.231. The molecule has 0 bridgehead atoms. The molecule has 2 saturated carbocycles. The van der Waals surface area contributed by atoms with Gasteiger partial charge < -0.3 is 10.6 Å². The lowest BCUT2D eigenvalue weighted by atomic mass is 9.78. The van der Waals surface area contributed by atoms with Crippen LogP contribution in [0.2, 0.25) is 0 Å². The van der Waals surface area contributed by atoms with E-state index < -0.39 is 0 Å². The molecule has 2 N–H and O–H groups in total. The van der Waals surface area contributed by atoms with Crippen molar-refractivity contribution in [2.45, 2.75) is 69.9 Å². The van der Waals surface area contributed by atoms with E-state index in [2.05, 4.69) is 4.90 Å². The maximum absolute atomic E-state index is 12.7. The van der Waals surface area contributed by atoms with Crippen LogP contribution in [0.25, 0.3) is 0 Å². The van der Waals surface area contributed by atoms with Gasteiger partial charge in [-0.25, -0.2) is 0 Å². The number of carbonyl (C=O) groups excluding carboxylic acids is 1. The molecule has 102 valence electrons. The number of nitrogens with two attached hydrogens (primary N) is 1. The zero-order chi connectivity index (χ0) is 12.5. The summed E-state index contributed by atoms with van der Waals surface area (Å²) in [6.07, 6.45) is 10.8. The first-order chi connectivity index (χ1) is 8.75. The Balaban J connectivity index is 1.63. The van der Waals surface area contributed by atoms with E-state index in [1.54, 1.807) is 0 Å². The molecule has 0 radical (unpaired) electrons. The fraction of sp³-hybridized carbons (Fsp3) is 0.933. The summed E-state index contributed by atoms with van der Waals surface area (Å²) < 4.78 is 0. The fourth-order valence-corrected chi connectivity index (χ4v) is 4.07. The standard InChI is InChI=1S/C15H26N2O/c16-13-7-2-6-12(10-13)15(18)17-9-3-8-14(17)11-4-1-5-11/h11-14H,1-10,16H2. The molecule has 18 heavy (non-hydrogen) atoms. The average Bonchev–Trinajstić information content (AvgIpc) is 2.74. The molecule has 0 spiro atoms. The van der Waals surface area contributed by atoms with Crippen LogP contribution in [0.5, 0.6) is 0 Å². The number of carbonyl (C=O) groups is 1. The predicted molar refractivity (Wildman–Crippen MR) is 72.0 cm³/mol. The van der Waals surface area contributed by atoms with E-state index in [9.17, 15) is 4.79 Å². The van der Waals surface area contributed by atoms with E-state index in [0.717, 1.165) is 38.1 Å². The molecular weight excluding hydrogens is 224 g/mol. The monoisotopic (exact) mass is 250 g/mol. The molecule has 1 saturated heterocycles. The lowest BCUT2D eigenvalue weighted by molar-refractivity contribution is -0.139. The van der Waals surface area contributed by atoms with Gasteiger partial charge in [0.2, 0.25) is 5.91 Å². The molecule has 0 aromatic carbocycles. The van der Waals surface area contributed by atoms with Crippen molar-refractivity contribution >= 4 is 5.91 Å². The van der Waals surface area contributed by atoms with Gasteiger partial charge in [0.05, 0.1) is 0 Å². The van der Waals surface area contributed by atoms with Crippen molar-refractivity contribution in [3.05, 3.63) is 0 Å². The van der Waals surface area contributed by atoms with E-state index in [1.165, 1.54) is 32.1 Å². The van der Waals surface area contributed by atoms with Crippen molar-refractivity contribution < 1.29 is 4.79 Å².